The average Bonchev–Trinajstić information content (AvgIpc) is 3.26. The summed E-state index contributed by atoms with van der Waals surface area (Å²) in [4.78, 5) is 13.1. The third kappa shape index (κ3) is 4.84. The molecule has 3 rings (SSSR count). The van der Waals surface area contributed by atoms with Crippen LogP contribution in [0.1, 0.15) is 55.3 Å². The Hall–Kier alpha value is -1.84. The Morgan fingerprint density at radius 2 is 1.93 bits per heavy atom. The number of nitrogen functional groups attached to an aromatic ring is 1. The van der Waals surface area contributed by atoms with Gasteiger partial charge in [0.25, 0.3) is 5.91 Å². The molecule has 1 amide bonds. The summed E-state index contributed by atoms with van der Waals surface area (Å²) in [7, 11) is -1.05. The fraction of sp³-hybridized carbons (Fsp3) is 0.650. The Bertz CT molecular complexity index is 831. The molecule has 29 heavy (non-hydrogen) atoms. The molecule has 8 nitrogen and oxygen atoms in total. The highest BCUT2D eigenvalue weighted by Crippen LogP contribution is 2.32. The van der Waals surface area contributed by atoms with E-state index in [0.29, 0.717) is 5.92 Å². The van der Waals surface area contributed by atoms with E-state index in [2.05, 4.69) is 15.4 Å². The van der Waals surface area contributed by atoms with Crippen molar-refractivity contribution in [3.8, 4) is 5.75 Å². The Balaban J connectivity index is 1.91. The van der Waals surface area contributed by atoms with Crippen molar-refractivity contribution in [1.29, 1.82) is 0 Å². The average molecular weight is 425 g/mol. The number of rotatable bonds is 7. The molecule has 0 radical (unpaired) electrons. The first-order valence-electron chi connectivity index (χ1n) is 10.3. The first-order chi connectivity index (χ1) is 13.9. The molecule has 162 valence electrons. The summed E-state index contributed by atoms with van der Waals surface area (Å²) in [6.07, 6.45) is 7.92. The van der Waals surface area contributed by atoms with Gasteiger partial charge in [-0.25, -0.2) is 13.1 Å². The highest BCUT2D eigenvalue weighted by atomic mass is 32.2. The second-order valence-electron chi connectivity index (χ2n) is 7.90. The minimum Gasteiger partial charge on any atom is -0.496 e. The number of sulfonamides is 1. The molecule has 2 atom stereocenters. The molecule has 0 bridgehead atoms. The van der Waals surface area contributed by atoms with Gasteiger partial charge < -0.3 is 21.1 Å². The Kier molecular flexibility index (Phi) is 7.02. The Labute approximate surface area is 173 Å². The van der Waals surface area contributed by atoms with E-state index in [0.717, 1.165) is 32.2 Å². The highest BCUT2D eigenvalue weighted by Gasteiger charge is 2.34. The van der Waals surface area contributed by atoms with Gasteiger partial charge in [-0.15, -0.1) is 0 Å². The number of hydrogen-bond donors (Lipinski definition) is 4. The van der Waals surface area contributed by atoms with Crippen molar-refractivity contribution in [2.24, 2.45) is 5.92 Å². The van der Waals surface area contributed by atoms with Gasteiger partial charge in [0, 0.05) is 18.2 Å². The Morgan fingerprint density at radius 3 is 2.52 bits per heavy atom. The van der Waals surface area contributed by atoms with Crippen LogP contribution < -0.4 is 25.8 Å². The van der Waals surface area contributed by atoms with Gasteiger partial charge in [-0.3, -0.25) is 4.79 Å². The molecule has 1 aliphatic carbocycles. The van der Waals surface area contributed by atoms with Crippen LogP contribution in [-0.4, -0.2) is 47.1 Å². The summed E-state index contributed by atoms with van der Waals surface area (Å²) in [5, 5.41) is 6.72. The zero-order chi connectivity index (χ0) is 21.0. The van der Waals surface area contributed by atoms with E-state index >= 15 is 0 Å². The molecule has 1 heterocycles. The fourth-order valence-electron chi connectivity index (χ4n) is 4.55. The predicted molar refractivity (Wildman–Crippen MR) is 113 cm³/mol. The van der Waals surface area contributed by atoms with Crippen molar-refractivity contribution in [3.05, 3.63) is 17.7 Å². The molecule has 2 unspecified atom stereocenters. The van der Waals surface area contributed by atoms with E-state index in [-0.39, 0.29) is 39.9 Å². The summed E-state index contributed by atoms with van der Waals surface area (Å²) in [5.41, 5.74) is 6.12. The molecule has 1 aromatic rings. The third-order valence-corrected chi connectivity index (χ3v) is 7.59. The maximum Gasteiger partial charge on any atom is 0.255 e. The maximum atomic E-state index is 13.2. The summed E-state index contributed by atoms with van der Waals surface area (Å²) >= 11 is 0. The standard InChI is InChI=1S/C20H32N4O4S/c1-22-29(26,27)18-11-14(17(28-2)12-15(18)21)20(25)24-19(16-9-6-10-23-16)13-7-4-3-5-8-13/h11-13,16,19,22-23H,3-10,21H2,1-2H3,(H,24,25). The smallest absolute Gasteiger partial charge is 0.255 e. The predicted octanol–water partition coefficient (Wildman–Crippen LogP) is 1.62. The second-order valence-corrected chi connectivity index (χ2v) is 9.75. The van der Waals surface area contributed by atoms with Crippen molar-refractivity contribution < 1.29 is 17.9 Å². The first kappa shape index (κ1) is 21.9. The normalized spacial score (nSPS) is 21.7. The number of carbonyl (C=O) groups excluding carboxylic acids is 1. The van der Waals surface area contributed by atoms with Crippen LogP contribution in [0.25, 0.3) is 0 Å². The third-order valence-electron chi connectivity index (χ3n) is 6.12. The van der Waals surface area contributed by atoms with Crippen LogP contribution in [0, 0.1) is 5.92 Å². The van der Waals surface area contributed by atoms with Crippen LogP contribution in [0.15, 0.2) is 17.0 Å². The van der Waals surface area contributed by atoms with Gasteiger partial charge >= 0.3 is 0 Å². The van der Waals surface area contributed by atoms with Gasteiger partial charge in [0.15, 0.2) is 0 Å². The SMILES string of the molecule is CNS(=O)(=O)c1cc(C(=O)NC(C2CCCCC2)C2CCCN2)c(OC)cc1N. The molecular formula is C20H32N4O4S. The van der Waals surface area contributed by atoms with E-state index in [1.807, 2.05) is 0 Å². The van der Waals surface area contributed by atoms with E-state index in [1.165, 1.54) is 45.6 Å². The number of anilines is 1. The second kappa shape index (κ2) is 9.32. The molecule has 0 spiro atoms. The number of benzene rings is 1. The summed E-state index contributed by atoms with van der Waals surface area (Å²) in [6, 6.07) is 2.94. The highest BCUT2D eigenvalue weighted by molar-refractivity contribution is 7.89. The molecule has 5 N–H and O–H groups in total. The lowest BCUT2D eigenvalue weighted by atomic mass is 9.80. The molecule has 2 fully saturated rings. The maximum absolute atomic E-state index is 13.2. The fourth-order valence-corrected chi connectivity index (χ4v) is 5.41. The van der Waals surface area contributed by atoms with E-state index in [9.17, 15) is 13.2 Å². The van der Waals surface area contributed by atoms with Crippen molar-refractivity contribution in [2.75, 3.05) is 26.4 Å². The quantitative estimate of drug-likeness (QED) is 0.493. The van der Waals surface area contributed by atoms with Crippen LogP contribution in [0.2, 0.25) is 0 Å². The lowest BCUT2D eigenvalue weighted by molar-refractivity contribution is 0.0893. The van der Waals surface area contributed by atoms with E-state index in [4.69, 9.17) is 10.5 Å². The summed E-state index contributed by atoms with van der Waals surface area (Å²) in [5.74, 6) is 0.346. The number of methoxy groups -OCH3 is 1. The molecule has 0 aromatic heterocycles. The molecule has 1 aliphatic heterocycles. The van der Waals surface area contributed by atoms with E-state index in [1.54, 1.807) is 0 Å². The van der Waals surface area contributed by atoms with Crippen LogP contribution in [0.3, 0.4) is 0 Å². The molecule has 9 heteroatoms. The first-order valence-corrected chi connectivity index (χ1v) is 11.8. The van der Waals surface area contributed by atoms with Crippen molar-refractivity contribution in [1.82, 2.24) is 15.4 Å². The molecular weight excluding hydrogens is 392 g/mol. The van der Waals surface area contributed by atoms with Crippen LogP contribution >= 0.6 is 0 Å². The lowest BCUT2D eigenvalue weighted by Gasteiger charge is -2.35. The largest absolute Gasteiger partial charge is 0.496 e. The van der Waals surface area contributed by atoms with Crippen molar-refractivity contribution in [2.45, 2.75) is 61.9 Å². The summed E-state index contributed by atoms with van der Waals surface area (Å²) in [6.45, 7) is 0.958. The topological polar surface area (TPSA) is 123 Å². The van der Waals surface area contributed by atoms with Gasteiger partial charge in [0.1, 0.15) is 10.6 Å². The van der Waals surface area contributed by atoms with Crippen LogP contribution in [-0.2, 0) is 10.0 Å². The molecule has 1 aromatic carbocycles. The van der Waals surface area contributed by atoms with Crippen LogP contribution in [0.4, 0.5) is 5.69 Å². The Morgan fingerprint density at radius 1 is 1.21 bits per heavy atom. The number of carbonyl (C=O) groups is 1. The lowest BCUT2D eigenvalue weighted by Crippen LogP contribution is -2.52. The number of ether oxygens (including phenoxy) is 1. The van der Waals surface area contributed by atoms with Crippen LogP contribution in [0.5, 0.6) is 5.75 Å². The zero-order valence-electron chi connectivity index (χ0n) is 17.2. The number of hydrogen-bond acceptors (Lipinski definition) is 6. The monoisotopic (exact) mass is 424 g/mol. The van der Waals surface area contributed by atoms with Gasteiger partial charge in [-0.05, 0) is 51.3 Å². The minimum atomic E-state index is -3.80. The summed E-state index contributed by atoms with van der Waals surface area (Å²) < 4.78 is 32.2. The van der Waals surface area contributed by atoms with Gasteiger partial charge in [-0.1, -0.05) is 19.3 Å². The van der Waals surface area contributed by atoms with E-state index < -0.39 is 10.0 Å². The van der Waals surface area contributed by atoms with Gasteiger partial charge in [0.05, 0.1) is 18.4 Å². The number of amides is 1. The molecule has 1 saturated heterocycles. The van der Waals surface area contributed by atoms with Crippen molar-refractivity contribution in [3.63, 3.8) is 0 Å². The molecule has 1 saturated carbocycles. The minimum absolute atomic E-state index is 0.0110. The zero-order valence-corrected chi connectivity index (χ0v) is 18.0. The molecule has 2 aliphatic rings. The van der Waals surface area contributed by atoms with Gasteiger partial charge in [-0.2, -0.15) is 0 Å². The number of nitrogens with one attached hydrogen (secondary N) is 3. The number of nitrogens with two attached hydrogens (primary N) is 1. The van der Waals surface area contributed by atoms with Crippen molar-refractivity contribution >= 4 is 21.6 Å². The van der Waals surface area contributed by atoms with Gasteiger partial charge in [0.2, 0.25) is 10.0 Å².